The van der Waals surface area contributed by atoms with Crippen molar-refractivity contribution in [2.75, 3.05) is 6.26 Å². The second-order valence-corrected chi connectivity index (χ2v) is 9.20. The van der Waals surface area contributed by atoms with Crippen LogP contribution in [0.4, 0.5) is 8.78 Å². The molecule has 4 aromatic rings. The fourth-order valence-electron chi connectivity index (χ4n) is 3.34. The van der Waals surface area contributed by atoms with Gasteiger partial charge in [0.15, 0.2) is 11.6 Å². The fraction of sp³-hybridized carbons (Fsp3) is 0.174. The molecule has 0 N–H and O–H groups in total. The Hall–Kier alpha value is -2.13. The van der Waals surface area contributed by atoms with Crippen LogP contribution in [0.5, 0.6) is 11.5 Å². The first-order valence-corrected chi connectivity index (χ1v) is 11.6. The van der Waals surface area contributed by atoms with Crippen molar-refractivity contribution in [3.05, 3.63) is 77.6 Å². The zero-order valence-electron chi connectivity index (χ0n) is 16.6. The Morgan fingerprint density at radius 2 is 1.80 bits per heavy atom. The first kappa shape index (κ1) is 21.1. The normalized spacial score (nSPS) is 12.3. The fourth-order valence-corrected chi connectivity index (χ4v) is 4.29. The molecule has 154 valence electrons. The molecule has 3 nitrogen and oxygen atoms in total. The highest BCUT2D eigenvalue weighted by Crippen LogP contribution is 2.41. The Labute approximate surface area is 192 Å². The van der Waals surface area contributed by atoms with Crippen LogP contribution < -0.4 is 4.74 Å². The Morgan fingerprint density at radius 1 is 1.03 bits per heavy atom. The van der Waals surface area contributed by atoms with Gasteiger partial charge in [-0.2, -0.15) is 11.8 Å². The van der Waals surface area contributed by atoms with Crippen molar-refractivity contribution in [3.63, 3.8) is 0 Å². The molecule has 0 aliphatic carbocycles. The van der Waals surface area contributed by atoms with E-state index in [0.717, 1.165) is 39.5 Å². The standard InChI is InChI=1S/C23H19F2IN2OS/c1-13-10-18(17-8-9-28(26)23(17)27-13)19-11-15(14(2)30-3)4-6-21(19)29-22-7-5-16(24)12-20(22)25/h4-12,14H,1-3H3. The van der Waals surface area contributed by atoms with Crippen LogP contribution >= 0.6 is 34.6 Å². The zero-order valence-corrected chi connectivity index (χ0v) is 19.6. The quantitative estimate of drug-likeness (QED) is 0.245. The minimum atomic E-state index is -0.739. The lowest BCUT2D eigenvalue weighted by molar-refractivity contribution is 0.439. The SMILES string of the molecule is CSC(C)c1ccc(Oc2ccc(F)cc2F)c(-c2cc(C)nc3c2ccn3I)c1. The third kappa shape index (κ3) is 4.05. The maximum absolute atomic E-state index is 14.3. The molecule has 0 saturated carbocycles. The second-order valence-electron chi connectivity index (χ2n) is 6.99. The number of aryl methyl sites for hydroxylation is 1. The van der Waals surface area contributed by atoms with Gasteiger partial charge < -0.3 is 4.74 Å². The van der Waals surface area contributed by atoms with Crippen LogP contribution in [-0.4, -0.2) is 14.0 Å². The van der Waals surface area contributed by atoms with E-state index < -0.39 is 11.6 Å². The summed E-state index contributed by atoms with van der Waals surface area (Å²) >= 11 is 3.94. The minimum Gasteiger partial charge on any atom is -0.454 e. The van der Waals surface area contributed by atoms with Gasteiger partial charge in [0.2, 0.25) is 0 Å². The van der Waals surface area contributed by atoms with E-state index in [4.69, 9.17) is 4.74 Å². The lowest BCUT2D eigenvalue weighted by atomic mass is 9.98. The van der Waals surface area contributed by atoms with E-state index in [1.54, 1.807) is 11.8 Å². The average Bonchev–Trinajstić information content (AvgIpc) is 3.09. The van der Waals surface area contributed by atoms with Crippen molar-refractivity contribution < 1.29 is 13.5 Å². The number of hydrogen-bond donors (Lipinski definition) is 0. The Bertz CT molecular complexity index is 1240. The van der Waals surface area contributed by atoms with Crippen LogP contribution in [0.15, 0.2) is 54.7 Å². The van der Waals surface area contributed by atoms with Gasteiger partial charge in [-0.05, 0) is 67.6 Å². The summed E-state index contributed by atoms with van der Waals surface area (Å²) in [5.41, 5.74) is 4.67. The molecule has 0 bridgehead atoms. The van der Waals surface area contributed by atoms with Gasteiger partial charge in [0.1, 0.15) is 17.2 Å². The molecule has 0 saturated heterocycles. The van der Waals surface area contributed by atoms with Gasteiger partial charge in [-0.1, -0.05) is 6.07 Å². The van der Waals surface area contributed by atoms with Crippen LogP contribution in [0.2, 0.25) is 0 Å². The van der Waals surface area contributed by atoms with Crippen LogP contribution in [0.3, 0.4) is 0 Å². The lowest BCUT2D eigenvalue weighted by Crippen LogP contribution is -1.96. The van der Waals surface area contributed by atoms with Gasteiger partial charge >= 0.3 is 0 Å². The molecule has 0 aliphatic heterocycles. The van der Waals surface area contributed by atoms with E-state index in [9.17, 15) is 8.78 Å². The third-order valence-corrected chi connectivity index (χ3v) is 6.73. The predicted molar refractivity (Wildman–Crippen MR) is 128 cm³/mol. The Morgan fingerprint density at radius 3 is 2.53 bits per heavy atom. The van der Waals surface area contributed by atoms with Crippen molar-refractivity contribution in [3.8, 4) is 22.6 Å². The number of ether oxygens (including phenoxy) is 1. The smallest absolute Gasteiger partial charge is 0.168 e. The Balaban J connectivity index is 1.93. The summed E-state index contributed by atoms with van der Waals surface area (Å²) in [7, 11) is 0. The highest BCUT2D eigenvalue weighted by Gasteiger charge is 2.18. The number of hydrogen-bond acceptors (Lipinski definition) is 3. The van der Waals surface area contributed by atoms with Crippen molar-refractivity contribution in [1.29, 1.82) is 0 Å². The van der Waals surface area contributed by atoms with E-state index in [1.807, 2.05) is 40.2 Å². The molecule has 0 spiro atoms. The van der Waals surface area contributed by atoms with Crippen molar-refractivity contribution in [1.82, 2.24) is 7.76 Å². The topological polar surface area (TPSA) is 27.1 Å². The number of halogens is 3. The minimum absolute atomic E-state index is 0.0169. The maximum atomic E-state index is 14.3. The number of nitrogens with zero attached hydrogens (tertiary/aromatic N) is 2. The molecule has 2 aromatic heterocycles. The van der Waals surface area contributed by atoms with E-state index in [1.165, 1.54) is 12.1 Å². The first-order valence-electron chi connectivity index (χ1n) is 9.32. The molecular weight excluding hydrogens is 517 g/mol. The van der Waals surface area contributed by atoms with Gasteiger partial charge in [0, 0.05) is 34.2 Å². The zero-order chi connectivity index (χ0) is 21.4. The van der Waals surface area contributed by atoms with Gasteiger partial charge in [-0.15, -0.1) is 0 Å². The van der Waals surface area contributed by atoms with Gasteiger partial charge in [0.05, 0.1) is 22.9 Å². The number of rotatable bonds is 5. The summed E-state index contributed by atoms with van der Waals surface area (Å²) in [5, 5.41) is 1.27. The summed E-state index contributed by atoms with van der Waals surface area (Å²) in [4.78, 5) is 4.64. The molecule has 1 atom stereocenters. The van der Waals surface area contributed by atoms with E-state index >= 15 is 0 Å². The molecule has 0 radical (unpaired) electrons. The molecule has 7 heteroatoms. The van der Waals surface area contributed by atoms with Crippen molar-refractivity contribution in [2.24, 2.45) is 0 Å². The summed E-state index contributed by atoms with van der Waals surface area (Å²) < 4.78 is 35.5. The summed E-state index contributed by atoms with van der Waals surface area (Å²) in [6, 6.07) is 13.3. The van der Waals surface area contributed by atoms with Crippen LogP contribution in [0.1, 0.15) is 23.4 Å². The van der Waals surface area contributed by atoms with Crippen molar-refractivity contribution >= 4 is 45.7 Å². The number of pyridine rings is 1. The van der Waals surface area contributed by atoms with Gasteiger partial charge in [-0.25, -0.2) is 13.8 Å². The van der Waals surface area contributed by atoms with E-state index in [0.29, 0.717) is 5.75 Å². The molecule has 0 aliphatic rings. The molecule has 30 heavy (non-hydrogen) atoms. The summed E-state index contributed by atoms with van der Waals surface area (Å²) in [6.07, 6.45) is 4.02. The van der Waals surface area contributed by atoms with Gasteiger partial charge in [0.25, 0.3) is 0 Å². The average molecular weight is 536 g/mol. The van der Waals surface area contributed by atoms with E-state index in [-0.39, 0.29) is 11.0 Å². The van der Waals surface area contributed by atoms with Crippen LogP contribution in [-0.2, 0) is 0 Å². The van der Waals surface area contributed by atoms with Crippen LogP contribution in [0, 0.1) is 18.6 Å². The van der Waals surface area contributed by atoms with Crippen LogP contribution in [0.25, 0.3) is 22.2 Å². The maximum Gasteiger partial charge on any atom is 0.168 e. The highest BCUT2D eigenvalue weighted by atomic mass is 127. The third-order valence-electron chi connectivity index (χ3n) is 4.97. The largest absolute Gasteiger partial charge is 0.454 e. The van der Waals surface area contributed by atoms with Crippen molar-refractivity contribution in [2.45, 2.75) is 19.1 Å². The Kier molecular flexibility index (Phi) is 6.02. The molecule has 2 heterocycles. The molecule has 0 amide bonds. The summed E-state index contributed by atoms with van der Waals surface area (Å²) in [5.74, 6) is -0.890. The predicted octanol–water partition coefficient (Wildman–Crippen LogP) is 7.70. The molecule has 1 unspecified atom stereocenters. The lowest BCUT2D eigenvalue weighted by Gasteiger charge is -2.17. The molecule has 0 fully saturated rings. The number of aromatic nitrogens is 2. The number of thioether (sulfide) groups is 1. The highest BCUT2D eigenvalue weighted by molar-refractivity contribution is 14.1. The molecular formula is C23H19F2IN2OS. The molecule has 4 rings (SSSR count). The van der Waals surface area contributed by atoms with Gasteiger partial charge in [-0.3, -0.25) is 2.78 Å². The molecule has 2 aromatic carbocycles. The second kappa shape index (κ2) is 8.55. The first-order chi connectivity index (χ1) is 14.4. The monoisotopic (exact) mass is 536 g/mol. The number of benzene rings is 2. The number of fused-ring (bicyclic) bond motifs is 1. The van der Waals surface area contributed by atoms with E-state index in [2.05, 4.69) is 47.1 Å². The summed E-state index contributed by atoms with van der Waals surface area (Å²) in [6.45, 7) is 4.08.